The number of carbonyl (C=O) groups is 1. The van der Waals surface area contributed by atoms with E-state index in [1.165, 1.54) is 5.56 Å². The molecule has 7 nitrogen and oxygen atoms in total. The first-order valence-electron chi connectivity index (χ1n) is 10.0. The van der Waals surface area contributed by atoms with Crippen molar-refractivity contribution in [3.05, 3.63) is 64.7 Å². The van der Waals surface area contributed by atoms with E-state index in [9.17, 15) is 4.79 Å². The number of carbonyl (C=O) groups excluding carboxylic acids is 1. The van der Waals surface area contributed by atoms with Crippen molar-refractivity contribution in [2.24, 2.45) is 0 Å². The van der Waals surface area contributed by atoms with Gasteiger partial charge in [-0.15, -0.1) is 0 Å². The van der Waals surface area contributed by atoms with Crippen LogP contribution in [0.3, 0.4) is 0 Å². The van der Waals surface area contributed by atoms with Gasteiger partial charge in [0.2, 0.25) is 5.91 Å². The molecule has 0 bridgehead atoms. The summed E-state index contributed by atoms with van der Waals surface area (Å²) in [6, 6.07) is 16.1. The van der Waals surface area contributed by atoms with Gasteiger partial charge in [0.1, 0.15) is 5.82 Å². The van der Waals surface area contributed by atoms with Crippen LogP contribution in [-0.4, -0.2) is 37.2 Å². The fraction of sp³-hybridized carbons (Fsp3) is 0.273. The van der Waals surface area contributed by atoms with Crippen LogP contribution in [0.25, 0.3) is 22.4 Å². The van der Waals surface area contributed by atoms with Gasteiger partial charge in [-0.2, -0.15) is 5.10 Å². The number of aromatic nitrogens is 5. The molecule has 0 saturated carbocycles. The Labute approximate surface area is 179 Å². The highest BCUT2D eigenvalue weighted by atomic mass is 32.1. The summed E-state index contributed by atoms with van der Waals surface area (Å²) in [5.41, 5.74) is 4.16. The van der Waals surface area contributed by atoms with E-state index in [2.05, 4.69) is 25.5 Å². The lowest BCUT2D eigenvalue weighted by Gasteiger charge is -2.08. The lowest BCUT2D eigenvalue weighted by Crippen LogP contribution is -2.26. The second kappa shape index (κ2) is 9.04. The van der Waals surface area contributed by atoms with Gasteiger partial charge in [-0.05, 0) is 37.7 Å². The molecule has 1 amide bonds. The van der Waals surface area contributed by atoms with Gasteiger partial charge >= 0.3 is 0 Å². The molecule has 0 spiro atoms. The fourth-order valence-corrected chi connectivity index (χ4v) is 3.58. The van der Waals surface area contributed by atoms with E-state index < -0.39 is 0 Å². The number of nitrogens with one attached hydrogen (secondary N) is 3. The lowest BCUT2D eigenvalue weighted by molar-refractivity contribution is -0.121. The van der Waals surface area contributed by atoms with Gasteiger partial charge in [0.15, 0.2) is 10.6 Å². The number of imidazole rings is 1. The Balaban J connectivity index is 1.26. The predicted octanol–water partition coefficient (Wildman–Crippen LogP) is 3.93. The molecule has 2 aromatic heterocycles. The molecule has 0 aliphatic rings. The van der Waals surface area contributed by atoms with Crippen LogP contribution in [0.2, 0.25) is 0 Å². The van der Waals surface area contributed by atoms with Crippen LogP contribution in [0.15, 0.2) is 48.5 Å². The number of aromatic amines is 2. The van der Waals surface area contributed by atoms with Crippen molar-refractivity contribution in [1.29, 1.82) is 0 Å². The maximum Gasteiger partial charge on any atom is 0.221 e. The van der Waals surface area contributed by atoms with Crippen molar-refractivity contribution in [2.75, 3.05) is 6.54 Å². The molecule has 2 aromatic carbocycles. The van der Waals surface area contributed by atoms with Crippen LogP contribution in [0.4, 0.5) is 0 Å². The summed E-state index contributed by atoms with van der Waals surface area (Å²) in [5.74, 6) is 1.69. The van der Waals surface area contributed by atoms with Crippen molar-refractivity contribution in [1.82, 2.24) is 30.0 Å². The number of benzene rings is 2. The molecule has 4 rings (SSSR count). The van der Waals surface area contributed by atoms with Crippen molar-refractivity contribution in [3.8, 4) is 11.4 Å². The number of hydrogen-bond donors (Lipinski definition) is 3. The van der Waals surface area contributed by atoms with Crippen LogP contribution in [0.5, 0.6) is 0 Å². The molecular weight excluding hydrogens is 396 g/mol. The normalized spacial score (nSPS) is 11.1. The number of rotatable bonds is 8. The van der Waals surface area contributed by atoms with Crippen molar-refractivity contribution < 1.29 is 4.79 Å². The Morgan fingerprint density at radius 2 is 1.97 bits per heavy atom. The molecule has 2 heterocycles. The summed E-state index contributed by atoms with van der Waals surface area (Å²) in [7, 11) is 0. The highest BCUT2D eigenvalue weighted by Crippen LogP contribution is 2.18. The smallest absolute Gasteiger partial charge is 0.221 e. The average molecular weight is 421 g/mol. The van der Waals surface area contributed by atoms with Gasteiger partial charge < -0.3 is 10.3 Å². The zero-order chi connectivity index (χ0) is 20.9. The molecule has 154 valence electrons. The van der Waals surface area contributed by atoms with Gasteiger partial charge in [-0.25, -0.2) is 4.98 Å². The van der Waals surface area contributed by atoms with Gasteiger partial charge in [-0.3, -0.25) is 14.5 Å². The Morgan fingerprint density at radius 3 is 2.77 bits per heavy atom. The van der Waals surface area contributed by atoms with Crippen molar-refractivity contribution in [2.45, 2.75) is 32.7 Å². The van der Waals surface area contributed by atoms with Gasteiger partial charge in [-0.1, -0.05) is 42.0 Å². The van der Waals surface area contributed by atoms with Crippen LogP contribution in [-0.2, 0) is 17.8 Å². The molecule has 4 aromatic rings. The third-order valence-electron chi connectivity index (χ3n) is 4.98. The molecule has 0 radical (unpaired) electrons. The van der Waals surface area contributed by atoms with Crippen molar-refractivity contribution in [3.63, 3.8) is 0 Å². The number of hydrogen-bond acceptors (Lipinski definition) is 4. The zero-order valence-electron chi connectivity index (χ0n) is 16.8. The van der Waals surface area contributed by atoms with Crippen LogP contribution in [0.1, 0.15) is 24.2 Å². The molecule has 3 N–H and O–H groups in total. The maximum atomic E-state index is 12.3. The topological polar surface area (TPSA) is 91.4 Å². The highest BCUT2D eigenvalue weighted by molar-refractivity contribution is 7.71. The Hall–Kier alpha value is -3.26. The number of H-pyrrole nitrogens is 2. The van der Waals surface area contributed by atoms with Gasteiger partial charge in [0.05, 0.1) is 11.0 Å². The molecule has 0 saturated heterocycles. The second-order valence-electron chi connectivity index (χ2n) is 7.27. The van der Waals surface area contributed by atoms with Gasteiger partial charge in [0, 0.05) is 31.5 Å². The Kier molecular flexibility index (Phi) is 6.04. The Morgan fingerprint density at radius 1 is 1.17 bits per heavy atom. The summed E-state index contributed by atoms with van der Waals surface area (Å²) < 4.78 is 2.39. The van der Waals surface area contributed by atoms with E-state index in [0.29, 0.717) is 24.3 Å². The molecule has 0 unspecified atom stereocenters. The summed E-state index contributed by atoms with van der Waals surface area (Å²) in [5, 5.41) is 10.1. The highest BCUT2D eigenvalue weighted by Gasteiger charge is 2.10. The first-order chi connectivity index (χ1) is 14.6. The summed E-state index contributed by atoms with van der Waals surface area (Å²) in [4.78, 5) is 20.2. The number of para-hydroxylation sites is 2. The van der Waals surface area contributed by atoms with Crippen LogP contribution < -0.4 is 5.32 Å². The molecule has 0 fully saturated rings. The minimum absolute atomic E-state index is 0.00226. The fourth-order valence-electron chi connectivity index (χ4n) is 3.36. The third-order valence-corrected chi connectivity index (χ3v) is 5.29. The van der Waals surface area contributed by atoms with Gasteiger partial charge in [0.25, 0.3) is 0 Å². The first-order valence-corrected chi connectivity index (χ1v) is 10.4. The van der Waals surface area contributed by atoms with E-state index in [1.807, 2.05) is 60.0 Å². The molecular formula is C22H24N6OS. The van der Waals surface area contributed by atoms with E-state index in [-0.39, 0.29) is 5.91 Å². The minimum Gasteiger partial charge on any atom is -0.356 e. The molecule has 0 aliphatic heterocycles. The summed E-state index contributed by atoms with van der Waals surface area (Å²) >= 11 is 5.34. The molecule has 0 aliphatic carbocycles. The number of fused-ring (bicyclic) bond motifs is 1. The second-order valence-corrected chi connectivity index (χ2v) is 7.66. The quantitative estimate of drug-likeness (QED) is 0.297. The number of aryl methyl sites for hydroxylation is 2. The number of amides is 1. The first kappa shape index (κ1) is 20.0. The number of nitrogens with zero attached hydrogens (tertiary/aromatic N) is 3. The molecule has 0 atom stereocenters. The third kappa shape index (κ3) is 4.65. The van der Waals surface area contributed by atoms with Crippen molar-refractivity contribution >= 4 is 29.2 Å². The largest absolute Gasteiger partial charge is 0.356 e. The van der Waals surface area contributed by atoms with E-state index >= 15 is 0 Å². The summed E-state index contributed by atoms with van der Waals surface area (Å²) in [6.45, 7) is 3.13. The maximum absolute atomic E-state index is 12.3. The standard InChI is InChI=1S/C22H24N6OS/c1-15-8-10-16(11-9-15)21-26-27-22(30)28(21)14-12-20(29)23-13-4-7-19-24-17-5-2-3-6-18(17)25-19/h2-3,5-6,8-11H,4,7,12-14H2,1H3,(H,23,29)(H,24,25)(H,27,30). The molecule has 8 heteroatoms. The van der Waals surface area contributed by atoms with E-state index in [1.54, 1.807) is 0 Å². The summed E-state index contributed by atoms with van der Waals surface area (Å²) in [6.07, 6.45) is 1.96. The van der Waals surface area contributed by atoms with Crippen LogP contribution in [0, 0.1) is 11.7 Å². The monoisotopic (exact) mass is 420 g/mol. The SMILES string of the molecule is Cc1ccc(-c2n[nH]c(=S)n2CCC(=O)NCCCc2nc3ccccc3[nH]2)cc1. The molecule has 30 heavy (non-hydrogen) atoms. The van der Waals surface area contributed by atoms with Crippen LogP contribution >= 0.6 is 12.2 Å². The van der Waals surface area contributed by atoms with E-state index in [4.69, 9.17) is 12.2 Å². The lowest BCUT2D eigenvalue weighted by atomic mass is 10.1. The van der Waals surface area contributed by atoms with E-state index in [0.717, 1.165) is 41.1 Å². The average Bonchev–Trinajstić information content (AvgIpc) is 3.33. The predicted molar refractivity (Wildman–Crippen MR) is 120 cm³/mol. The zero-order valence-corrected chi connectivity index (χ0v) is 17.6. The Bertz CT molecular complexity index is 1170. The minimum atomic E-state index is -0.00226.